The Bertz CT molecular complexity index is 569. The summed E-state index contributed by atoms with van der Waals surface area (Å²) >= 11 is 5.95. The maximum Gasteiger partial charge on any atom is 0.200 e. The van der Waals surface area contributed by atoms with Crippen LogP contribution in [-0.4, -0.2) is 12.9 Å². The number of fused-ring (bicyclic) bond motifs is 1. The zero-order valence-electron chi connectivity index (χ0n) is 9.91. The fraction of sp³-hybridized carbons (Fsp3) is 0.308. The summed E-state index contributed by atoms with van der Waals surface area (Å²) in [6.07, 6.45) is 0. The summed E-state index contributed by atoms with van der Waals surface area (Å²) in [4.78, 5) is 11.8. The SMILES string of the molecule is COc1cc(Cl)cc2cc(C(=O)C(C)C)oc12. The summed E-state index contributed by atoms with van der Waals surface area (Å²) in [6.45, 7) is 3.67. The summed E-state index contributed by atoms with van der Waals surface area (Å²) in [7, 11) is 1.54. The Hall–Kier alpha value is -1.48. The van der Waals surface area contributed by atoms with Crippen molar-refractivity contribution in [2.45, 2.75) is 13.8 Å². The first kappa shape index (κ1) is 12.0. The predicted molar refractivity (Wildman–Crippen MR) is 66.9 cm³/mol. The Balaban J connectivity index is 2.61. The third kappa shape index (κ3) is 2.15. The smallest absolute Gasteiger partial charge is 0.200 e. The standard InChI is InChI=1S/C13H13ClO3/c1-7(2)12(15)10-5-8-4-9(14)6-11(16-3)13(8)17-10/h4-7H,1-3H3. The van der Waals surface area contributed by atoms with Crippen molar-refractivity contribution in [2.24, 2.45) is 5.92 Å². The summed E-state index contributed by atoms with van der Waals surface area (Å²) in [5.41, 5.74) is 0.556. The second-order valence-corrected chi connectivity index (χ2v) is 4.59. The third-order valence-corrected chi connectivity index (χ3v) is 2.75. The van der Waals surface area contributed by atoms with Gasteiger partial charge in [-0.05, 0) is 12.1 Å². The number of carbonyl (C=O) groups is 1. The molecule has 1 heterocycles. The van der Waals surface area contributed by atoms with Crippen molar-refractivity contribution in [3.63, 3.8) is 0 Å². The molecule has 0 fully saturated rings. The maximum absolute atomic E-state index is 11.8. The van der Waals surface area contributed by atoms with E-state index in [2.05, 4.69) is 0 Å². The number of furan rings is 1. The molecule has 0 amide bonds. The number of hydrogen-bond acceptors (Lipinski definition) is 3. The molecule has 0 aliphatic rings. The van der Waals surface area contributed by atoms with Crippen molar-refractivity contribution in [3.8, 4) is 5.75 Å². The molecular weight excluding hydrogens is 240 g/mol. The minimum Gasteiger partial charge on any atom is -0.493 e. The van der Waals surface area contributed by atoms with E-state index in [-0.39, 0.29) is 11.7 Å². The highest BCUT2D eigenvalue weighted by Gasteiger charge is 2.17. The molecule has 0 N–H and O–H groups in total. The van der Waals surface area contributed by atoms with E-state index in [1.54, 1.807) is 18.2 Å². The number of Topliss-reactive ketones (excluding diaryl/α,β-unsaturated/α-hetero) is 1. The van der Waals surface area contributed by atoms with E-state index in [0.29, 0.717) is 22.1 Å². The Labute approximate surface area is 104 Å². The van der Waals surface area contributed by atoms with Crippen molar-refractivity contribution in [3.05, 3.63) is 29.0 Å². The van der Waals surface area contributed by atoms with E-state index in [9.17, 15) is 4.79 Å². The van der Waals surface area contributed by atoms with Gasteiger partial charge in [-0.1, -0.05) is 25.4 Å². The van der Waals surface area contributed by atoms with Gasteiger partial charge in [-0.2, -0.15) is 0 Å². The van der Waals surface area contributed by atoms with Gasteiger partial charge in [-0.15, -0.1) is 0 Å². The molecule has 0 atom stereocenters. The van der Waals surface area contributed by atoms with Crippen LogP contribution in [-0.2, 0) is 0 Å². The van der Waals surface area contributed by atoms with Crippen LogP contribution >= 0.6 is 11.6 Å². The molecule has 0 bridgehead atoms. The van der Waals surface area contributed by atoms with Crippen molar-refractivity contribution in [1.29, 1.82) is 0 Å². The van der Waals surface area contributed by atoms with Gasteiger partial charge < -0.3 is 9.15 Å². The third-order valence-electron chi connectivity index (χ3n) is 2.53. The van der Waals surface area contributed by atoms with Gasteiger partial charge in [0.25, 0.3) is 0 Å². The van der Waals surface area contributed by atoms with Crippen LogP contribution in [0.25, 0.3) is 11.0 Å². The van der Waals surface area contributed by atoms with Gasteiger partial charge in [-0.25, -0.2) is 0 Å². The lowest BCUT2D eigenvalue weighted by Crippen LogP contribution is -2.05. The van der Waals surface area contributed by atoms with Crippen LogP contribution in [0.15, 0.2) is 22.6 Å². The van der Waals surface area contributed by atoms with Gasteiger partial charge in [0.2, 0.25) is 5.78 Å². The van der Waals surface area contributed by atoms with Gasteiger partial charge in [0, 0.05) is 22.4 Å². The number of ketones is 1. The zero-order valence-corrected chi connectivity index (χ0v) is 10.7. The van der Waals surface area contributed by atoms with E-state index in [1.807, 2.05) is 13.8 Å². The normalized spacial score (nSPS) is 11.1. The molecule has 0 saturated heterocycles. The number of ether oxygens (including phenoxy) is 1. The first-order chi connectivity index (χ1) is 8.02. The largest absolute Gasteiger partial charge is 0.493 e. The van der Waals surface area contributed by atoms with Crippen LogP contribution in [0, 0.1) is 5.92 Å². The fourth-order valence-electron chi connectivity index (χ4n) is 1.64. The van der Waals surface area contributed by atoms with Crippen molar-refractivity contribution >= 4 is 28.4 Å². The van der Waals surface area contributed by atoms with Crippen LogP contribution in [0.4, 0.5) is 0 Å². The Kier molecular flexibility index (Phi) is 3.11. The molecule has 1 aromatic carbocycles. The average molecular weight is 253 g/mol. The monoisotopic (exact) mass is 252 g/mol. The lowest BCUT2D eigenvalue weighted by Gasteiger charge is -2.01. The van der Waals surface area contributed by atoms with E-state index in [4.69, 9.17) is 20.8 Å². The topological polar surface area (TPSA) is 39.4 Å². The molecule has 90 valence electrons. The van der Waals surface area contributed by atoms with Crippen molar-refractivity contribution < 1.29 is 13.9 Å². The molecule has 0 aliphatic carbocycles. The first-order valence-corrected chi connectivity index (χ1v) is 5.72. The van der Waals surface area contributed by atoms with E-state index < -0.39 is 0 Å². The summed E-state index contributed by atoms with van der Waals surface area (Å²) in [6, 6.07) is 5.11. The van der Waals surface area contributed by atoms with E-state index in [1.165, 1.54) is 7.11 Å². The van der Waals surface area contributed by atoms with E-state index >= 15 is 0 Å². The minimum absolute atomic E-state index is 0.0284. The second-order valence-electron chi connectivity index (χ2n) is 4.16. The lowest BCUT2D eigenvalue weighted by atomic mass is 10.1. The maximum atomic E-state index is 11.8. The number of methoxy groups -OCH3 is 1. The Morgan fingerprint density at radius 3 is 2.65 bits per heavy atom. The molecule has 2 aromatic rings. The summed E-state index contributed by atoms with van der Waals surface area (Å²) in [5, 5.41) is 1.33. The molecular formula is C13H13ClO3. The molecule has 1 aromatic heterocycles. The molecule has 0 unspecified atom stereocenters. The predicted octanol–water partition coefficient (Wildman–Crippen LogP) is 3.93. The minimum atomic E-state index is -0.1000. The molecule has 2 rings (SSSR count). The molecule has 3 nitrogen and oxygen atoms in total. The highest BCUT2D eigenvalue weighted by molar-refractivity contribution is 6.31. The molecule has 0 radical (unpaired) electrons. The number of rotatable bonds is 3. The molecule has 0 saturated carbocycles. The lowest BCUT2D eigenvalue weighted by molar-refractivity contribution is 0.0913. The Morgan fingerprint density at radius 2 is 2.06 bits per heavy atom. The highest BCUT2D eigenvalue weighted by atomic mass is 35.5. The fourth-order valence-corrected chi connectivity index (χ4v) is 1.86. The molecule has 0 aliphatic heterocycles. The van der Waals surface area contributed by atoms with E-state index in [0.717, 1.165) is 5.39 Å². The van der Waals surface area contributed by atoms with Gasteiger partial charge in [0.05, 0.1) is 7.11 Å². The van der Waals surface area contributed by atoms with Crippen LogP contribution in [0.2, 0.25) is 5.02 Å². The number of halogens is 1. The quantitative estimate of drug-likeness (QED) is 0.777. The van der Waals surface area contributed by atoms with Crippen LogP contribution in [0.1, 0.15) is 24.4 Å². The van der Waals surface area contributed by atoms with Gasteiger partial charge in [0.15, 0.2) is 17.1 Å². The highest BCUT2D eigenvalue weighted by Crippen LogP contribution is 2.32. The van der Waals surface area contributed by atoms with Crippen molar-refractivity contribution in [1.82, 2.24) is 0 Å². The summed E-state index contributed by atoms with van der Waals surface area (Å²) < 4.78 is 10.7. The molecule has 4 heteroatoms. The molecule has 17 heavy (non-hydrogen) atoms. The summed E-state index contributed by atoms with van der Waals surface area (Å²) in [5.74, 6) is 0.752. The van der Waals surface area contributed by atoms with Gasteiger partial charge >= 0.3 is 0 Å². The zero-order chi connectivity index (χ0) is 12.6. The number of hydrogen-bond donors (Lipinski definition) is 0. The van der Waals surface area contributed by atoms with Crippen molar-refractivity contribution in [2.75, 3.05) is 7.11 Å². The second kappa shape index (κ2) is 4.41. The van der Waals surface area contributed by atoms with Gasteiger partial charge in [0.1, 0.15) is 0 Å². The van der Waals surface area contributed by atoms with Crippen LogP contribution < -0.4 is 4.74 Å². The van der Waals surface area contributed by atoms with Gasteiger partial charge in [-0.3, -0.25) is 4.79 Å². The average Bonchev–Trinajstić information content (AvgIpc) is 2.69. The number of carbonyl (C=O) groups excluding carboxylic acids is 1. The number of benzene rings is 1. The van der Waals surface area contributed by atoms with Crippen LogP contribution in [0.3, 0.4) is 0 Å². The first-order valence-electron chi connectivity index (χ1n) is 5.34. The van der Waals surface area contributed by atoms with Crippen LogP contribution in [0.5, 0.6) is 5.75 Å². The Morgan fingerprint density at radius 1 is 1.35 bits per heavy atom. The molecule has 0 spiro atoms.